The fourth-order valence-electron chi connectivity index (χ4n) is 3.57. The maximum absolute atomic E-state index is 12.7. The predicted molar refractivity (Wildman–Crippen MR) is 132 cm³/mol. The minimum atomic E-state index is -0.780. The van der Waals surface area contributed by atoms with E-state index in [2.05, 4.69) is 5.32 Å². The summed E-state index contributed by atoms with van der Waals surface area (Å²) in [6.45, 7) is 3.60. The molecule has 35 heavy (non-hydrogen) atoms. The maximum Gasteiger partial charge on any atom is 0.349 e. The van der Waals surface area contributed by atoms with Crippen LogP contribution >= 0.6 is 0 Å². The van der Waals surface area contributed by atoms with E-state index in [0.29, 0.717) is 11.1 Å². The second kappa shape index (κ2) is 10.7. The number of benzene rings is 3. The topological polar surface area (TPSA) is 94.8 Å². The number of ether oxygens (including phenoxy) is 2. The van der Waals surface area contributed by atoms with Crippen molar-refractivity contribution in [3.63, 3.8) is 0 Å². The average Bonchev–Trinajstić information content (AvgIpc) is 2.87. The molecule has 0 aliphatic rings. The summed E-state index contributed by atoms with van der Waals surface area (Å²) in [5.41, 5.74) is 1.33. The van der Waals surface area contributed by atoms with Gasteiger partial charge in [-0.25, -0.2) is 9.59 Å². The molecule has 1 aromatic heterocycles. The summed E-state index contributed by atoms with van der Waals surface area (Å²) in [7, 11) is 0. The van der Waals surface area contributed by atoms with Gasteiger partial charge in [-0.1, -0.05) is 49.4 Å². The number of rotatable bonds is 8. The van der Waals surface area contributed by atoms with Crippen molar-refractivity contribution in [1.29, 1.82) is 0 Å². The summed E-state index contributed by atoms with van der Waals surface area (Å²) in [5.74, 6) is -0.346. The molecule has 7 nitrogen and oxygen atoms in total. The highest BCUT2D eigenvalue weighted by molar-refractivity contribution is 5.97. The van der Waals surface area contributed by atoms with Crippen LogP contribution < -0.4 is 20.4 Å². The standard InChI is InChI=1S/C28H25NO6/c1-3-19-8-7-11-22(14-19)33-17-26(30)34-23-13-12-21-15-24(28(32)35-25(21)16-23)27(31)29-18(2)20-9-5-4-6-10-20/h4-16,18H,3,17H2,1-2H3,(H,29,31). The van der Waals surface area contributed by atoms with E-state index in [1.54, 1.807) is 18.2 Å². The van der Waals surface area contributed by atoms with Crippen molar-refractivity contribution < 1.29 is 23.5 Å². The Morgan fingerprint density at radius 3 is 2.51 bits per heavy atom. The first-order chi connectivity index (χ1) is 16.9. The maximum atomic E-state index is 12.7. The lowest BCUT2D eigenvalue weighted by atomic mass is 10.1. The van der Waals surface area contributed by atoms with E-state index in [0.717, 1.165) is 17.5 Å². The van der Waals surface area contributed by atoms with Gasteiger partial charge in [-0.3, -0.25) is 4.79 Å². The first-order valence-corrected chi connectivity index (χ1v) is 11.3. The Bertz CT molecular complexity index is 1410. The Labute approximate surface area is 202 Å². The molecule has 0 bridgehead atoms. The van der Waals surface area contributed by atoms with Gasteiger partial charge >= 0.3 is 11.6 Å². The summed E-state index contributed by atoms with van der Waals surface area (Å²) < 4.78 is 16.2. The lowest BCUT2D eigenvalue weighted by Gasteiger charge is -2.14. The Kier molecular flexibility index (Phi) is 7.26. The zero-order chi connectivity index (χ0) is 24.8. The van der Waals surface area contributed by atoms with Crippen LogP contribution in [0.1, 0.15) is 41.4 Å². The van der Waals surface area contributed by atoms with Gasteiger partial charge in [0.1, 0.15) is 22.6 Å². The largest absolute Gasteiger partial charge is 0.482 e. The van der Waals surface area contributed by atoms with Gasteiger partial charge in [0.25, 0.3) is 5.91 Å². The molecule has 1 amide bonds. The van der Waals surface area contributed by atoms with E-state index in [-0.39, 0.29) is 29.5 Å². The number of hydrogen-bond donors (Lipinski definition) is 1. The van der Waals surface area contributed by atoms with Gasteiger partial charge in [-0.2, -0.15) is 0 Å². The molecule has 0 saturated heterocycles. The molecule has 1 unspecified atom stereocenters. The van der Waals surface area contributed by atoms with E-state index < -0.39 is 17.5 Å². The van der Waals surface area contributed by atoms with Gasteiger partial charge in [0.05, 0.1) is 6.04 Å². The number of hydrogen-bond acceptors (Lipinski definition) is 6. The second-order valence-corrected chi connectivity index (χ2v) is 8.02. The molecule has 0 aliphatic heterocycles. The third kappa shape index (κ3) is 5.95. The molecule has 7 heteroatoms. The Balaban J connectivity index is 1.43. The van der Waals surface area contributed by atoms with Crippen molar-refractivity contribution in [2.45, 2.75) is 26.3 Å². The highest BCUT2D eigenvalue weighted by Gasteiger charge is 2.17. The second-order valence-electron chi connectivity index (χ2n) is 8.02. The van der Waals surface area contributed by atoms with Gasteiger partial charge < -0.3 is 19.2 Å². The predicted octanol–water partition coefficient (Wildman–Crippen LogP) is 4.83. The van der Waals surface area contributed by atoms with Crippen LogP contribution in [0.2, 0.25) is 0 Å². The molecule has 0 saturated carbocycles. The molecule has 0 spiro atoms. The number of carbonyl (C=O) groups excluding carboxylic acids is 2. The number of fused-ring (bicyclic) bond motifs is 1. The molecule has 1 N–H and O–H groups in total. The summed E-state index contributed by atoms with van der Waals surface area (Å²) in [5, 5.41) is 3.33. The van der Waals surface area contributed by atoms with E-state index in [4.69, 9.17) is 13.9 Å². The lowest BCUT2D eigenvalue weighted by Crippen LogP contribution is -2.30. The SMILES string of the molecule is CCc1cccc(OCC(=O)Oc2ccc3cc(C(=O)NC(C)c4ccccc4)c(=O)oc3c2)c1. The Morgan fingerprint density at radius 2 is 1.74 bits per heavy atom. The van der Waals surface area contributed by atoms with Crippen molar-refractivity contribution in [2.75, 3.05) is 6.61 Å². The fraction of sp³-hybridized carbons (Fsp3) is 0.179. The molecule has 3 aromatic carbocycles. The van der Waals surface area contributed by atoms with Gasteiger partial charge in [-0.05, 0) is 54.8 Å². The lowest BCUT2D eigenvalue weighted by molar-refractivity contribution is -0.136. The van der Waals surface area contributed by atoms with Crippen LogP contribution in [0.3, 0.4) is 0 Å². The highest BCUT2D eigenvalue weighted by atomic mass is 16.6. The van der Waals surface area contributed by atoms with Crippen molar-refractivity contribution in [3.8, 4) is 11.5 Å². The molecular formula is C28H25NO6. The van der Waals surface area contributed by atoms with E-state index in [1.165, 1.54) is 12.1 Å². The molecular weight excluding hydrogens is 446 g/mol. The molecule has 178 valence electrons. The van der Waals surface area contributed by atoms with Gasteiger partial charge in [0.15, 0.2) is 6.61 Å². The van der Waals surface area contributed by atoms with E-state index in [9.17, 15) is 14.4 Å². The Hall–Kier alpha value is -4.39. The zero-order valence-electron chi connectivity index (χ0n) is 19.4. The summed E-state index contributed by atoms with van der Waals surface area (Å²) in [6.07, 6.45) is 0.860. The molecule has 1 atom stereocenters. The molecule has 0 aliphatic carbocycles. The fourth-order valence-corrected chi connectivity index (χ4v) is 3.57. The van der Waals surface area contributed by atoms with Crippen LogP contribution in [0, 0.1) is 0 Å². The van der Waals surface area contributed by atoms with Crippen LogP contribution in [0.5, 0.6) is 11.5 Å². The number of esters is 1. The monoisotopic (exact) mass is 471 g/mol. The van der Waals surface area contributed by atoms with E-state index >= 15 is 0 Å². The third-order valence-corrected chi connectivity index (χ3v) is 5.49. The van der Waals surface area contributed by atoms with Crippen LogP contribution in [-0.2, 0) is 11.2 Å². The normalized spacial score (nSPS) is 11.6. The van der Waals surface area contributed by atoms with Crippen LogP contribution in [0.4, 0.5) is 0 Å². The molecule has 0 radical (unpaired) electrons. The summed E-state index contributed by atoms with van der Waals surface area (Å²) in [6, 6.07) is 22.7. The zero-order valence-corrected chi connectivity index (χ0v) is 19.4. The van der Waals surface area contributed by atoms with E-state index in [1.807, 2.05) is 62.4 Å². The van der Waals surface area contributed by atoms with Crippen molar-refractivity contribution in [2.24, 2.45) is 0 Å². The minimum absolute atomic E-state index is 0.104. The first-order valence-electron chi connectivity index (χ1n) is 11.3. The summed E-state index contributed by atoms with van der Waals surface area (Å²) in [4.78, 5) is 37.4. The molecule has 0 fully saturated rings. The van der Waals surface area contributed by atoms with Crippen LogP contribution in [0.15, 0.2) is 88.1 Å². The van der Waals surface area contributed by atoms with Crippen molar-refractivity contribution >= 4 is 22.8 Å². The molecule has 4 aromatic rings. The number of amides is 1. The summed E-state index contributed by atoms with van der Waals surface area (Å²) >= 11 is 0. The quantitative estimate of drug-likeness (QED) is 0.225. The number of aryl methyl sites for hydroxylation is 1. The minimum Gasteiger partial charge on any atom is -0.482 e. The van der Waals surface area contributed by atoms with Crippen molar-refractivity contribution in [1.82, 2.24) is 5.32 Å². The highest BCUT2D eigenvalue weighted by Crippen LogP contribution is 2.22. The first kappa shape index (κ1) is 23.8. The number of nitrogens with one attached hydrogen (secondary N) is 1. The van der Waals surface area contributed by atoms with Crippen LogP contribution in [0.25, 0.3) is 11.0 Å². The van der Waals surface area contributed by atoms with Crippen molar-refractivity contribution in [3.05, 3.63) is 106 Å². The van der Waals surface area contributed by atoms with Gasteiger partial charge in [0.2, 0.25) is 0 Å². The van der Waals surface area contributed by atoms with Crippen LogP contribution in [-0.4, -0.2) is 18.5 Å². The molecule has 4 rings (SSSR count). The third-order valence-electron chi connectivity index (χ3n) is 5.49. The smallest absolute Gasteiger partial charge is 0.349 e. The molecule has 1 heterocycles. The average molecular weight is 472 g/mol. The Morgan fingerprint density at radius 1 is 0.943 bits per heavy atom. The van der Waals surface area contributed by atoms with Gasteiger partial charge in [0, 0.05) is 11.5 Å². The number of carbonyl (C=O) groups is 2. The van der Waals surface area contributed by atoms with Gasteiger partial charge in [-0.15, -0.1) is 0 Å².